The summed E-state index contributed by atoms with van der Waals surface area (Å²) in [5.74, 6) is 0.405. The molecule has 1 unspecified atom stereocenters. The lowest BCUT2D eigenvalue weighted by atomic mass is 10.1. The van der Waals surface area contributed by atoms with Crippen molar-refractivity contribution in [1.29, 1.82) is 0 Å². The highest BCUT2D eigenvalue weighted by molar-refractivity contribution is 5.45. The van der Waals surface area contributed by atoms with E-state index >= 15 is 0 Å². The maximum absolute atomic E-state index is 12.3. The van der Waals surface area contributed by atoms with Crippen LogP contribution in [0, 0.1) is 5.92 Å². The molecule has 0 amide bonds. The van der Waals surface area contributed by atoms with Gasteiger partial charge in [0.15, 0.2) is 0 Å². The highest BCUT2D eigenvalue weighted by atomic mass is 19.4. The predicted octanol–water partition coefficient (Wildman–Crippen LogP) is 3.10. The van der Waals surface area contributed by atoms with Gasteiger partial charge in [0.25, 0.3) is 0 Å². The maximum atomic E-state index is 12.3. The summed E-state index contributed by atoms with van der Waals surface area (Å²) in [4.78, 5) is 0. The van der Waals surface area contributed by atoms with Gasteiger partial charge in [-0.1, -0.05) is 6.92 Å². The molecule has 0 saturated heterocycles. The summed E-state index contributed by atoms with van der Waals surface area (Å²) in [7, 11) is 0. The summed E-state index contributed by atoms with van der Waals surface area (Å²) < 4.78 is 36.9. The molecule has 1 aromatic rings. The smallest absolute Gasteiger partial charge is 0.385 e. The van der Waals surface area contributed by atoms with Crippen molar-refractivity contribution in [2.75, 3.05) is 18.4 Å². The Balaban J connectivity index is 2.51. The van der Waals surface area contributed by atoms with Crippen LogP contribution < -0.4 is 11.1 Å². The summed E-state index contributed by atoms with van der Waals surface area (Å²) >= 11 is 0. The molecule has 3 N–H and O–H groups in total. The fourth-order valence-electron chi connectivity index (χ4n) is 1.46. The van der Waals surface area contributed by atoms with Gasteiger partial charge in [-0.25, -0.2) is 0 Å². The van der Waals surface area contributed by atoms with Crippen LogP contribution >= 0.6 is 0 Å². The van der Waals surface area contributed by atoms with E-state index < -0.39 is 11.7 Å². The quantitative estimate of drug-likeness (QED) is 0.837. The van der Waals surface area contributed by atoms with Crippen LogP contribution in [-0.4, -0.2) is 13.1 Å². The van der Waals surface area contributed by atoms with Crippen LogP contribution in [0.15, 0.2) is 24.3 Å². The second kappa shape index (κ2) is 5.91. The molecule has 0 aliphatic rings. The van der Waals surface area contributed by atoms with E-state index in [2.05, 4.69) is 5.32 Å². The molecule has 1 atom stereocenters. The van der Waals surface area contributed by atoms with Crippen molar-refractivity contribution >= 4 is 5.69 Å². The minimum absolute atomic E-state index is 0.405. The van der Waals surface area contributed by atoms with Crippen molar-refractivity contribution in [2.45, 2.75) is 19.5 Å². The van der Waals surface area contributed by atoms with Gasteiger partial charge in [-0.15, -0.1) is 0 Å². The Labute approximate surface area is 99.0 Å². The van der Waals surface area contributed by atoms with Crippen molar-refractivity contribution in [1.82, 2.24) is 0 Å². The fraction of sp³-hybridized carbons (Fsp3) is 0.500. The molecule has 0 aliphatic carbocycles. The van der Waals surface area contributed by atoms with E-state index in [1.54, 1.807) is 0 Å². The molecule has 0 bridgehead atoms. The van der Waals surface area contributed by atoms with Crippen LogP contribution in [0.3, 0.4) is 0 Å². The predicted molar refractivity (Wildman–Crippen MR) is 62.8 cm³/mol. The number of nitrogens with one attached hydrogen (secondary N) is 1. The zero-order chi connectivity index (χ0) is 12.9. The number of anilines is 1. The zero-order valence-electron chi connectivity index (χ0n) is 9.72. The lowest BCUT2D eigenvalue weighted by molar-refractivity contribution is -0.137. The number of alkyl halides is 3. The van der Waals surface area contributed by atoms with E-state index in [1.807, 2.05) is 6.92 Å². The third kappa shape index (κ3) is 4.65. The van der Waals surface area contributed by atoms with E-state index in [1.165, 1.54) is 12.1 Å². The van der Waals surface area contributed by atoms with Gasteiger partial charge in [-0.3, -0.25) is 0 Å². The van der Waals surface area contributed by atoms with Crippen LogP contribution in [0.4, 0.5) is 18.9 Å². The molecule has 0 aromatic heterocycles. The summed E-state index contributed by atoms with van der Waals surface area (Å²) in [6, 6.07) is 5.04. The lowest BCUT2D eigenvalue weighted by Gasteiger charge is -2.13. The van der Waals surface area contributed by atoms with Gasteiger partial charge < -0.3 is 11.1 Å². The molecular weight excluding hydrogens is 229 g/mol. The van der Waals surface area contributed by atoms with Crippen molar-refractivity contribution < 1.29 is 13.2 Å². The Hall–Kier alpha value is -1.23. The van der Waals surface area contributed by atoms with E-state index in [0.717, 1.165) is 18.6 Å². The minimum atomic E-state index is -4.27. The highest BCUT2D eigenvalue weighted by Crippen LogP contribution is 2.29. The lowest BCUT2D eigenvalue weighted by Crippen LogP contribution is -2.15. The van der Waals surface area contributed by atoms with Crippen molar-refractivity contribution in [3.8, 4) is 0 Å². The fourth-order valence-corrected chi connectivity index (χ4v) is 1.46. The molecule has 0 aliphatic heterocycles. The maximum Gasteiger partial charge on any atom is 0.416 e. The molecule has 0 spiro atoms. The van der Waals surface area contributed by atoms with E-state index in [0.29, 0.717) is 24.7 Å². The molecule has 96 valence electrons. The Morgan fingerprint density at radius 2 is 1.82 bits per heavy atom. The Morgan fingerprint density at radius 1 is 1.24 bits per heavy atom. The van der Waals surface area contributed by atoms with Gasteiger partial charge in [0, 0.05) is 12.2 Å². The minimum Gasteiger partial charge on any atom is -0.385 e. The van der Waals surface area contributed by atoms with E-state index in [4.69, 9.17) is 5.73 Å². The zero-order valence-corrected chi connectivity index (χ0v) is 9.72. The van der Waals surface area contributed by atoms with Crippen LogP contribution in [-0.2, 0) is 6.18 Å². The van der Waals surface area contributed by atoms with Gasteiger partial charge in [-0.2, -0.15) is 13.2 Å². The number of benzene rings is 1. The van der Waals surface area contributed by atoms with Crippen molar-refractivity contribution in [2.24, 2.45) is 11.7 Å². The topological polar surface area (TPSA) is 38.0 Å². The summed E-state index contributed by atoms with van der Waals surface area (Å²) in [6.07, 6.45) is -3.38. The van der Waals surface area contributed by atoms with Gasteiger partial charge in [-0.05, 0) is 43.1 Å². The molecule has 0 fully saturated rings. The van der Waals surface area contributed by atoms with Crippen LogP contribution in [0.1, 0.15) is 18.9 Å². The number of hydrogen-bond donors (Lipinski definition) is 2. The second-order valence-electron chi connectivity index (χ2n) is 4.14. The van der Waals surface area contributed by atoms with Gasteiger partial charge in [0.2, 0.25) is 0 Å². The summed E-state index contributed by atoms with van der Waals surface area (Å²) in [5.41, 5.74) is 5.48. The molecule has 1 rings (SSSR count). The second-order valence-corrected chi connectivity index (χ2v) is 4.14. The summed E-state index contributed by atoms with van der Waals surface area (Å²) in [6.45, 7) is 3.38. The van der Waals surface area contributed by atoms with E-state index in [9.17, 15) is 13.2 Å². The molecule has 0 saturated carbocycles. The van der Waals surface area contributed by atoms with E-state index in [-0.39, 0.29) is 0 Å². The summed E-state index contributed by atoms with van der Waals surface area (Å²) in [5, 5.41) is 3.08. The third-order valence-electron chi connectivity index (χ3n) is 2.53. The average molecular weight is 246 g/mol. The monoisotopic (exact) mass is 246 g/mol. The first-order valence-electron chi connectivity index (χ1n) is 5.54. The Morgan fingerprint density at radius 3 is 2.29 bits per heavy atom. The Kier molecular flexibility index (Phi) is 4.81. The van der Waals surface area contributed by atoms with Gasteiger partial charge in [0.05, 0.1) is 5.56 Å². The van der Waals surface area contributed by atoms with Gasteiger partial charge in [0.1, 0.15) is 0 Å². The number of hydrogen-bond acceptors (Lipinski definition) is 2. The molecule has 0 heterocycles. The number of nitrogens with two attached hydrogens (primary N) is 1. The Bertz CT molecular complexity index is 333. The van der Waals surface area contributed by atoms with Crippen LogP contribution in [0.5, 0.6) is 0 Å². The van der Waals surface area contributed by atoms with Crippen molar-refractivity contribution in [3.05, 3.63) is 29.8 Å². The highest BCUT2D eigenvalue weighted by Gasteiger charge is 2.29. The average Bonchev–Trinajstić information content (AvgIpc) is 2.26. The molecule has 1 aromatic carbocycles. The van der Waals surface area contributed by atoms with Gasteiger partial charge >= 0.3 is 6.18 Å². The molecule has 2 nitrogen and oxygen atoms in total. The van der Waals surface area contributed by atoms with Crippen molar-refractivity contribution in [3.63, 3.8) is 0 Å². The number of halogens is 3. The normalized spacial score (nSPS) is 13.5. The first kappa shape index (κ1) is 13.8. The standard InChI is InChI=1S/C12H17F3N2/c1-9(6-7-16)8-17-11-4-2-10(3-5-11)12(13,14)15/h2-5,9,17H,6-8,16H2,1H3. The molecule has 0 radical (unpaired) electrons. The molecule has 17 heavy (non-hydrogen) atoms. The SMILES string of the molecule is CC(CCN)CNc1ccc(C(F)(F)F)cc1. The first-order valence-corrected chi connectivity index (χ1v) is 5.54. The largest absolute Gasteiger partial charge is 0.416 e. The van der Waals surface area contributed by atoms with Crippen LogP contribution in [0.25, 0.3) is 0 Å². The van der Waals surface area contributed by atoms with Crippen LogP contribution in [0.2, 0.25) is 0 Å². The molecular formula is C12H17F3N2. The third-order valence-corrected chi connectivity index (χ3v) is 2.53. The first-order chi connectivity index (χ1) is 7.93. The molecule has 5 heteroatoms. The number of rotatable bonds is 5.